The minimum absolute atomic E-state index is 0.0260. The Morgan fingerprint density at radius 1 is 1.33 bits per heavy atom. The van der Waals surface area contributed by atoms with Gasteiger partial charge in [0.25, 0.3) is 5.91 Å². The van der Waals surface area contributed by atoms with Crippen molar-refractivity contribution in [3.05, 3.63) is 51.7 Å². The second-order valence-electron chi connectivity index (χ2n) is 5.71. The Balaban J connectivity index is 1.62. The maximum absolute atomic E-state index is 12.6. The zero-order chi connectivity index (χ0) is 16.8. The van der Waals surface area contributed by atoms with E-state index in [1.54, 1.807) is 23.5 Å². The lowest BCUT2D eigenvalue weighted by Crippen LogP contribution is -2.39. The molecular weight excluding hydrogens is 346 g/mol. The van der Waals surface area contributed by atoms with Gasteiger partial charge in [0.1, 0.15) is 5.75 Å². The van der Waals surface area contributed by atoms with Gasteiger partial charge in [-0.15, -0.1) is 11.3 Å². The molecule has 0 saturated carbocycles. The highest BCUT2D eigenvalue weighted by Crippen LogP contribution is 2.23. The Hall–Kier alpha value is -1.56. The highest BCUT2D eigenvalue weighted by Gasteiger charge is 2.23. The van der Waals surface area contributed by atoms with Crippen LogP contribution in [-0.4, -0.2) is 36.7 Å². The molecule has 4 nitrogen and oxygen atoms in total. The molecule has 1 aliphatic rings. The number of halogens is 1. The SMILES string of the molecule is O=C(COc1ccccc1Cl)N(Cc1cccs1)CC1CCCO1. The molecule has 2 heterocycles. The van der Waals surface area contributed by atoms with Crippen LogP contribution in [0.3, 0.4) is 0 Å². The van der Waals surface area contributed by atoms with Crippen molar-refractivity contribution in [2.75, 3.05) is 19.8 Å². The van der Waals surface area contributed by atoms with Crippen LogP contribution < -0.4 is 4.74 Å². The van der Waals surface area contributed by atoms with Crippen molar-refractivity contribution in [1.82, 2.24) is 4.90 Å². The van der Waals surface area contributed by atoms with Gasteiger partial charge in [0.2, 0.25) is 0 Å². The van der Waals surface area contributed by atoms with Crippen molar-refractivity contribution in [3.8, 4) is 5.75 Å². The average molecular weight is 366 g/mol. The third kappa shape index (κ3) is 4.72. The monoisotopic (exact) mass is 365 g/mol. The molecule has 1 saturated heterocycles. The Morgan fingerprint density at radius 3 is 2.92 bits per heavy atom. The number of carbonyl (C=O) groups excluding carboxylic acids is 1. The number of carbonyl (C=O) groups is 1. The Kier molecular flexibility index (Phi) is 6.12. The van der Waals surface area contributed by atoms with Crippen LogP contribution in [0, 0.1) is 0 Å². The summed E-state index contributed by atoms with van der Waals surface area (Å²) in [6, 6.07) is 11.2. The predicted molar refractivity (Wildman–Crippen MR) is 95.7 cm³/mol. The van der Waals surface area contributed by atoms with Gasteiger partial charge in [-0.2, -0.15) is 0 Å². The van der Waals surface area contributed by atoms with E-state index >= 15 is 0 Å². The van der Waals surface area contributed by atoms with Crippen LogP contribution >= 0.6 is 22.9 Å². The molecule has 24 heavy (non-hydrogen) atoms. The molecule has 1 aromatic heterocycles. The second-order valence-corrected chi connectivity index (χ2v) is 7.15. The number of nitrogens with zero attached hydrogens (tertiary/aromatic N) is 1. The molecule has 1 aromatic carbocycles. The largest absolute Gasteiger partial charge is 0.482 e. The molecule has 1 amide bonds. The van der Waals surface area contributed by atoms with Gasteiger partial charge in [-0.05, 0) is 36.4 Å². The maximum atomic E-state index is 12.6. The Labute approximate surface area is 150 Å². The van der Waals surface area contributed by atoms with Crippen LogP contribution in [0.2, 0.25) is 5.02 Å². The molecule has 1 aliphatic heterocycles. The van der Waals surface area contributed by atoms with Gasteiger partial charge in [-0.1, -0.05) is 29.8 Å². The van der Waals surface area contributed by atoms with Crippen LogP contribution in [0.1, 0.15) is 17.7 Å². The predicted octanol–water partition coefficient (Wildman–Crippen LogP) is 3.99. The van der Waals surface area contributed by atoms with Crippen LogP contribution in [-0.2, 0) is 16.1 Å². The smallest absolute Gasteiger partial charge is 0.260 e. The number of ether oxygens (including phenoxy) is 2. The number of rotatable bonds is 7. The highest BCUT2D eigenvalue weighted by molar-refractivity contribution is 7.09. The van der Waals surface area contributed by atoms with E-state index in [1.807, 2.05) is 34.5 Å². The first-order valence-electron chi connectivity index (χ1n) is 8.01. The van der Waals surface area contributed by atoms with E-state index in [2.05, 4.69) is 0 Å². The van der Waals surface area contributed by atoms with Gasteiger partial charge < -0.3 is 14.4 Å². The molecule has 2 aromatic rings. The molecule has 0 bridgehead atoms. The zero-order valence-corrected chi connectivity index (χ0v) is 14.9. The van der Waals surface area contributed by atoms with Crippen LogP contribution in [0.15, 0.2) is 41.8 Å². The third-order valence-electron chi connectivity index (χ3n) is 3.92. The maximum Gasteiger partial charge on any atom is 0.260 e. The quantitative estimate of drug-likeness (QED) is 0.744. The molecule has 1 atom stereocenters. The minimum atomic E-state index is -0.0566. The van der Waals surface area contributed by atoms with E-state index in [0.717, 1.165) is 24.3 Å². The summed E-state index contributed by atoms with van der Waals surface area (Å²) in [5.74, 6) is 0.472. The molecule has 6 heteroatoms. The van der Waals surface area contributed by atoms with Crippen LogP contribution in [0.4, 0.5) is 0 Å². The summed E-state index contributed by atoms with van der Waals surface area (Å²) in [6.45, 7) is 1.94. The molecule has 1 unspecified atom stereocenters. The fourth-order valence-electron chi connectivity index (χ4n) is 2.67. The van der Waals surface area contributed by atoms with Gasteiger partial charge in [0, 0.05) is 18.0 Å². The van der Waals surface area contributed by atoms with Crippen LogP contribution in [0.5, 0.6) is 5.75 Å². The molecule has 1 fully saturated rings. The topological polar surface area (TPSA) is 38.8 Å². The second kappa shape index (κ2) is 8.51. The van der Waals surface area contributed by atoms with Crippen molar-refractivity contribution in [3.63, 3.8) is 0 Å². The summed E-state index contributed by atoms with van der Waals surface area (Å²) in [5.41, 5.74) is 0. The number of hydrogen-bond acceptors (Lipinski definition) is 4. The van der Waals surface area contributed by atoms with Gasteiger partial charge in [-0.25, -0.2) is 0 Å². The lowest BCUT2D eigenvalue weighted by Gasteiger charge is -2.25. The molecule has 0 N–H and O–H groups in total. The van der Waals surface area contributed by atoms with Gasteiger partial charge >= 0.3 is 0 Å². The summed E-state index contributed by atoms with van der Waals surface area (Å²) in [6.07, 6.45) is 2.18. The highest BCUT2D eigenvalue weighted by atomic mass is 35.5. The molecule has 3 rings (SSSR count). The Morgan fingerprint density at radius 2 is 2.21 bits per heavy atom. The Bertz CT molecular complexity index is 656. The van der Waals surface area contributed by atoms with Crippen molar-refractivity contribution in [2.24, 2.45) is 0 Å². The van der Waals surface area contributed by atoms with E-state index in [1.165, 1.54) is 0 Å². The number of benzene rings is 1. The first-order chi connectivity index (χ1) is 11.7. The molecular formula is C18H20ClNO3S. The van der Waals surface area contributed by atoms with Crippen molar-refractivity contribution in [1.29, 1.82) is 0 Å². The molecule has 0 aliphatic carbocycles. The van der Waals surface area contributed by atoms with Gasteiger partial charge in [-0.3, -0.25) is 4.79 Å². The van der Waals surface area contributed by atoms with E-state index in [0.29, 0.717) is 23.9 Å². The van der Waals surface area contributed by atoms with E-state index in [4.69, 9.17) is 21.1 Å². The fraction of sp³-hybridized carbons (Fsp3) is 0.389. The van der Waals surface area contributed by atoms with Gasteiger partial charge in [0.15, 0.2) is 6.61 Å². The summed E-state index contributed by atoms with van der Waals surface area (Å²) in [7, 11) is 0. The summed E-state index contributed by atoms with van der Waals surface area (Å²) in [4.78, 5) is 15.6. The lowest BCUT2D eigenvalue weighted by atomic mass is 10.2. The first-order valence-corrected chi connectivity index (χ1v) is 9.27. The van der Waals surface area contributed by atoms with Crippen LogP contribution in [0.25, 0.3) is 0 Å². The number of thiophene rings is 1. The van der Waals surface area contributed by atoms with Crippen molar-refractivity contribution >= 4 is 28.8 Å². The number of amides is 1. The van der Waals surface area contributed by atoms with E-state index in [-0.39, 0.29) is 18.6 Å². The molecule has 128 valence electrons. The third-order valence-corrected chi connectivity index (χ3v) is 5.09. The first kappa shape index (κ1) is 17.3. The molecule has 0 radical (unpaired) electrons. The zero-order valence-electron chi connectivity index (χ0n) is 13.3. The van der Waals surface area contributed by atoms with E-state index in [9.17, 15) is 4.79 Å². The standard InChI is InChI=1S/C18H20ClNO3S/c19-16-7-1-2-8-17(16)23-13-18(21)20(11-14-5-3-9-22-14)12-15-6-4-10-24-15/h1-2,4,6-8,10,14H,3,5,9,11-13H2. The van der Waals surface area contributed by atoms with E-state index < -0.39 is 0 Å². The summed E-state index contributed by atoms with van der Waals surface area (Å²) in [5, 5.41) is 2.53. The summed E-state index contributed by atoms with van der Waals surface area (Å²) >= 11 is 7.72. The van der Waals surface area contributed by atoms with Gasteiger partial charge in [0.05, 0.1) is 17.7 Å². The lowest BCUT2D eigenvalue weighted by molar-refractivity contribution is -0.135. The summed E-state index contributed by atoms with van der Waals surface area (Å²) < 4.78 is 11.3. The fourth-order valence-corrected chi connectivity index (χ4v) is 3.58. The average Bonchev–Trinajstić information content (AvgIpc) is 3.27. The molecule has 0 spiro atoms. The van der Waals surface area contributed by atoms with Crippen molar-refractivity contribution < 1.29 is 14.3 Å². The minimum Gasteiger partial charge on any atom is -0.482 e. The van der Waals surface area contributed by atoms with Crippen molar-refractivity contribution in [2.45, 2.75) is 25.5 Å². The number of para-hydroxylation sites is 1. The number of hydrogen-bond donors (Lipinski definition) is 0. The normalized spacial score (nSPS) is 17.0.